The summed E-state index contributed by atoms with van der Waals surface area (Å²) in [6, 6.07) is 0.0769. The predicted octanol–water partition coefficient (Wildman–Crippen LogP) is 3.41. The third-order valence-electron chi connectivity index (χ3n) is 4.36. The van der Waals surface area contributed by atoms with Gasteiger partial charge in [-0.25, -0.2) is 9.78 Å². The van der Waals surface area contributed by atoms with Gasteiger partial charge in [0.2, 0.25) is 0 Å². The van der Waals surface area contributed by atoms with Gasteiger partial charge < -0.3 is 10.2 Å². The van der Waals surface area contributed by atoms with E-state index in [1.54, 1.807) is 11.3 Å². The summed E-state index contributed by atoms with van der Waals surface area (Å²) in [6.07, 6.45) is 8.40. The Morgan fingerprint density at radius 2 is 2.24 bits per heavy atom. The summed E-state index contributed by atoms with van der Waals surface area (Å²) >= 11 is 3.74. The molecule has 2 heterocycles. The van der Waals surface area contributed by atoms with Gasteiger partial charge in [0.25, 0.3) is 0 Å². The van der Waals surface area contributed by atoms with Crippen molar-refractivity contribution in [3.05, 3.63) is 16.1 Å². The molecule has 1 N–H and O–H groups in total. The largest absolute Gasteiger partial charge is 0.331 e. The van der Waals surface area contributed by atoms with Gasteiger partial charge in [-0.1, -0.05) is 19.3 Å². The van der Waals surface area contributed by atoms with Crippen molar-refractivity contribution in [2.24, 2.45) is 0 Å². The Hall–Kier alpha value is -0.750. The van der Waals surface area contributed by atoms with E-state index >= 15 is 0 Å². The molecule has 1 aliphatic carbocycles. The number of hydrogen-bond donors (Lipinski definition) is 1. The lowest BCUT2D eigenvalue weighted by Gasteiger charge is -2.44. The molecule has 3 rings (SSSR count). The first kappa shape index (κ1) is 15.2. The molecule has 1 aromatic heterocycles. The van der Waals surface area contributed by atoms with Crippen molar-refractivity contribution in [3.63, 3.8) is 0 Å². The van der Waals surface area contributed by atoms with Gasteiger partial charge in [0.15, 0.2) is 0 Å². The molecule has 1 aliphatic heterocycles. The van der Waals surface area contributed by atoms with E-state index in [0.29, 0.717) is 11.3 Å². The van der Waals surface area contributed by atoms with Crippen molar-refractivity contribution in [3.8, 4) is 0 Å². The molecule has 2 amide bonds. The molecule has 4 nitrogen and oxygen atoms in total. The number of aryl methyl sites for hydroxylation is 1. The van der Waals surface area contributed by atoms with Crippen LogP contribution in [-0.2, 0) is 6.54 Å². The number of carbonyl (C=O) groups excluding carboxylic acids is 1. The average molecular weight is 326 g/mol. The first-order valence-electron chi connectivity index (χ1n) is 7.75. The van der Waals surface area contributed by atoms with Gasteiger partial charge in [-0.3, -0.25) is 0 Å². The number of amides is 2. The summed E-state index contributed by atoms with van der Waals surface area (Å²) in [5.74, 6) is 1.07. The van der Waals surface area contributed by atoms with Gasteiger partial charge in [0.1, 0.15) is 5.01 Å². The highest BCUT2D eigenvalue weighted by Gasteiger charge is 2.38. The number of thioether (sulfide) groups is 1. The number of urea groups is 1. The molecule has 116 valence electrons. The molecule has 1 spiro atoms. The van der Waals surface area contributed by atoms with E-state index in [2.05, 4.69) is 22.1 Å². The highest BCUT2D eigenvalue weighted by atomic mass is 32.2. The van der Waals surface area contributed by atoms with Crippen molar-refractivity contribution in [1.29, 1.82) is 0 Å². The fourth-order valence-electron chi connectivity index (χ4n) is 3.26. The Labute approximate surface area is 134 Å². The van der Waals surface area contributed by atoms with E-state index in [0.717, 1.165) is 23.8 Å². The van der Waals surface area contributed by atoms with Gasteiger partial charge >= 0.3 is 6.03 Å². The Balaban J connectivity index is 1.54. The van der Waals surface area contributed by atoms with Crippen LogP contribution in [0, 0.1) is 6.92 Å². The van der Waals surface area contributed by atoms with Crippen LogP contribution in [0.3, 0.4) is 0 Å². The molecule has 1 aromatic rings. The van der Waals surface area contributed by atoms with E-state index in [4.69, 9.17) is 0 Å². The molecule has 0 aromatic carbocycles. The highest BCUT2D eigenvalue weighted by Crippen LogP contribution is 2.42. The van der Waals surface area contributed by atoms with Crippen LogP contribution >= 0.6 is 23.1 Å². The first-order chi connectivity index (χ1) is 10.2. The summed E-state index contributed by atoms with van der Waals surface area (Å²) < 4.78 is 0.339. The van der Waals surface area contributed by atoms with Gasteiger partial charge in [-0.05, 0) is 19.8 Å². The Kier molecular flexibility index (Phi) is 4.74. The van der Waals surface area contributed by atoms with Crippen LogP contribution in [-0.4, -0.2) is 39.5 Å². The van der Waals surface area contributed by atoms with E-state index < -0.39 is 0 Å². The fraction of sp³-hybridized carbons (Fsp3) is 0.733. The number of carbonyl (C=O) groups is 1. The lowest BCUT2D eigenvalue weighted by Crippen LogP contribution is -2.52. The maximum Gasteiger partial charge on any atom is 0.317 e. The molecule has 0 atom stereocenters. The number of rotatable bonds is 2. The van der Waals surface area contributed by atoms with E-state index in [1.807, 2.05) is 18.0 Å². The second-order valence-electron chi connectivity index (χ2n) is 6.04. The van der Waals surface area contributed by atoms with E-state index in [9.17, 15) is 4.79 Å². The summed E-state index contributed by atoms with van der Waals surface area (Å²) in [6.45, 7) is 4.38. The SMILES string of the molecule is Cc1cnc(CNC(=O)N2CCSC3(CCCCC3)C2)s1. The van der Waals surface area contributed by atoms with Crippen LogP contribution in [0.1, 0.15) is 42.0 Å². The third-order valence-corrected chi connectivity index (χ3v) is 6.81. The highest BCUT2D eigenvalue weighted by molar-refractivity contribution is 8.00. The zero-order valence-corrected chi connectivity index (χ0v) is 14.2. The second-order valence-corrected chi connectivity index (χ2v) is 8.92. The molecular formula is C15H23N3OS2. The summed E-state index contributed by atoms with van der Waals surface area (Å²) in [5, 5.41) is 4.02. The minimum absolute atomic E-state index is 0.0769. The van der Waals surface area contributed by atoms with Crippen LogP contribution < -0.4 is 5.32 Å². The minimum Gasteiger partial charge on any atom is -0.331 e. The van der Waals surface area contributed by atoms with Crippen molar-refractivity contribution in [2.75, 3.05) is 18.8 Å². The molecule has 1 saturated heterocycles. The van der Waals surface area contributed by atoms with Gasteiger partial charge in [-0.2, -0.15) is 11.8 Å². The molecule has 0 unspecified atom stereocenters. The Bertz CT molecular complexity index is 491. The monoisotopic (exact) mass is 325 g/mol. The first-order valence-corrected chi connectivity index (χ1v) is 9.55. The zero-order chi connectivity index (χ0) is 14.7. The van der Waals surface area contributed by atoms with Crippen LogP contribution in [0.15, 0.2) is 6.20 Å². The molecule has 6 heteroatoms. The van der Waals surface area contributed by atoms with Crippen LogP contribution in [0.4, 0.5) is 4.79 Å². The van der Waals surface area contributed by atoms with Crippen molar-refractivity contribution < 1.29 is 4.79 Å². The molecular weight excluding hydrogens is 302 g/mol. The molecule has 2 aliphatic rings. The Morgan fingerprint density at radius 3 is 2.95 bits per heavy atom. The van der Waals surface area contributed by atoms with Crippen molar-refractivity contribution in [1.82, 2.24) is 15.2 Å². The second kappa shape index (κ2) is 6.57. The average Bonchev–Trinajstić information content (AvgIpc) is 2.91. The quantitative estimate of drug-likeness (QED) is 0.906. The summed E-state index contributed by atoms with van der Waals surface area (Å²) in [4.78, 5) is 19.9. The lowest BCUT2D eigenvalue weighted by atomic mass is 9.87. The number of nitrogens with zero attached hydrogens (tertiary/aromatic N) is 2. The fourth-order valence-corrected chi connectivity index (χ4v) is 5.56. The predicted molar refractivity (Wildman–Crippen MR) is 88.9 cm³/mol. The summed E-state index contributed by atoms with van der Waals surface area (Å²) in [7, 11) is 0. The molecule has 1 saturated carbocycles. The topological polar surface area (TPSA) is 45.2 Å². The number of nitrogens with one attached hydrogen (secondary N) is 1. The third kappa shape index (κ3) is 3.72. The molecule has 21 heavy (non-hydrogen) atoms. The number of hydrogen-bond acceptors (Lipinski definition) is 4. The molecule has 2 fully saturated rings. The maximum atomic E-state index is 12.4. The van der Waals surface area contributed by atoms with Gasteiger partial charge in [0, 0.05) is 34.7 Å². The van der Waals surface area contributed by atoms with Crippen LogP contribution in [0.25, 0.3) is 0 Å². The zero-order valence-electron chi connectivity index (χ0n) is 12.6. The minimum atomic E-state index is 0.0769. The van der Waals surface area contributed by atoms with Crippen LogP contribution in [0.5, 0.6) is 0 Å². The molecule has 0 bridgehead atoms. The number of aromatic nitrogens is 1. The van der Waals surface area contributed by atoms with Crippen LogP contribution in [0.2, 0.25) is 0 Å². The normalized spacial score (nSPS) is 21.5. The maximum absolute atomic E-state index is 12.4. The lowest BCUT2D eigenvalue weighted by molar-refractivity contribution is 0.184. The summed E-state index contributed by atoms with van der Waals surface area (Å²) in [5.41, 5.74) is 0. The van der Waals surface area contributed by atoms with E-state index in [-0.39, 0.29) is 6.03 Å². The standard InChI is InChI=1S/C15H23N3OS2/c1-12-9-16-13(21-12)10-17-14(19)18-7-8-20-15(11-18)5-3-2-4-6-15/h9H,2-8,10-11H2,1H3,(H,17,19). The van der Waals surface area contributed by atoms with Crippen molar-refractivity contribution in [2.45, 2.75) is 50.3 Å². The van der Waals surface area contributed by atoms with E-state index in [1.165, 1.54) is 37.0 Å². The molecule has 0 radical (unpaired) electrons. The van der Waals surface area contributed by atoms with Gasteiger partial charge in [0.05, 0.1) is 6.54 Å². The Morgan fingerprint density at radius 1 is 1.43 bits per heavy atom. The smallest absolute Gasteiger partial charge is 0.317 e. The number of thiazole rings is 1. The van der Waals surface area contributed by atoms with Crippen molar-refractivity contribution >= 4 is 29.1 Å². The van der Waals surface area contributed by atoms with Gasteiger partial charge in [-0.15, -0.1) is 11.3 Å².